The Morgan fingerprint density at radius 1 is 0.968 bits per heavy atom. The highest BCUT2D eigenvalue weighted by Crippen LogP contribution is 2.27. The second kappa shape index (κ2) is 10.4. The number of amides is 2. The predicted octanol–water partition coefficient (Wildman–Crippen LogP) is 4.41. The minimum absolute atomic E-state index is 0.157. The second-order valence-electron chi connectivity index (χ2n) is 6.70. The Labute approximate surface area is 185 Å². The first-order valence-corrected chi connectivity index (χ1v) is 10.5. The van der Waals surface area contributed by atoms with Crippen molar-refractivity contribution in [1.82, 2.24) is 10.6 Å². The normalized spacial score (nSPS) is 12.0. The van der Waals surface area contributed by atoms with Gasteiger partial charge in [-0.3, -0.25) is 9.59 Å². The van der Waals surface area contributed by atoms with Gasteiger partial charge in [-0.05, 0) is 48.2 Å². The molecule has 3 aromatic rings. The van der Waals surface area contributed by atoms with Gasteiger partial charge in [0.25, 0.3) is 11.8 Å². The number of methoxy groups -OCH3 is 2. The van der Waals surface area contributed by atoms with Crippen LogP contribution in [0.2, 0.25) is 0 Å². The van der Waals surface area contributed by atoms with Crippen LogP contribution in [0.5, 0.6) is 11.5 Å². The van der Waals surface area contributed by atoms with E-state index in [9.17, 15) is 9.59 Å². The molecule has 0 aliphatic rings. The van der Waals surface area contributed by atoms with E-state index in [1.807, 2.05) is 54.8 Å². The monoisotopic (exact) mass is 436 g/mol. The van der Waals surface area contributed by atoms with Crippen LogP contribution in [0.1, 0.15) is 33.8 Å². The van der Waals surface area contributed by atoms with E-state index >= 15 is 0 Å². The third kappa shape index (κ3) is 5.73. The van der Waals surface area contributed by atoms with E-state index < -0.39 is 5.91 Å². The lowest BCUT2D eigenvalue weighted by atomic mass is 10.1. The molecule has 0 aliphatic carbocycles. The molecule has 0 fully saturated rings. The van der Waals surface area contributed by atoms with E-state index in [4.69, 9.17) is 9.47 Å². The fraction of sp³-hybridized carbons (Fsp3) is 0.167. The number of carbonyl (C=O) groups is 2. The summed E-state index contributed by atoms with van der Waals surface area (Å²) in [6.07, 6.45) is 1.66. The summed E-state index contributed by atoms with van der Waals surface area (Å²) in [5.74, 6) is 0.147. The van der Waals surface area contributed by atoms with Gasteiger partial charge in [0.1, 0.15) is 5.70 Å². The zero-order chi connectivity index (χ0) is 22.2. The van der Waals surface area contributed by atoms with Gasteiger partial charge >= 0.3 is 0 Å². The summed E-state index contributed by atoms with van der Waals surface area (Å²) in [6, 6.07) is 18.0. The topological polar surface area (TPSA) is 76.7 Å². The molecule has 0 aliphatic heterocycles. The summed E-state index contributed by atoms with van der Waals surface area (Å²) in [6.45, 7) is 1.89. The maximum atomic E-state index is 13.0. The van der Waals surface area contributed by atoms with Crippen molar-refractivity contribution in [1.29, 1.82) is 0 Å². The average molecular weight is 437 g/mol. The van der Waals surface area contributed by atoms with Crippen molar-refractivity contribution < 1.29 is 19.1 Å². The molecular formula is C24H24N2O4S. The number of ether oxygens (including phenoxy) is 2. The molecule has 0 spiro atoms. The van der Waals surface area contributed by atoms with Gasteiger partial charge in [0, 0.05) is 10.4 Å². The first-order chi connectivity index (χ1) is 15.0. The highest BCUT2D eigenvalue weighted by atomic mass is 32.1. The van der Waals surface area contributed by atoms with Crippen LogP contribution >= 0.6 is 11.3 Å². The summed E-state index contributed by atoms with van der Waals surface area (Å²) < 4.78 is 10.5. The minimum Gasteiger partial charge on any atom is -0.493 e. The van der Waals surface area contributed by atoms with E-state index in [1.54, 1.807) is 24.3 Å². The molecule has 0 radical (unpaired) electrons. The number of hydrogen-bond donors (Lipinski definition) is 2. The fourth-order valence-corrected chi connectivity index (χ4v) is 3.60. The van der Waals surface area contributed by atoms with Crippen molar-refractivity contribution in [2.75, 3.05) is 14.2 Å². The van der Waals surface area contributed by atoms with Crippen LogP contribution < -0.4 is 20.1 Å². The maximum absolute atomic E-state index is 13.0. The summed E-state index contributed by atoms with van der Waals surface area (Å²) in [7, 11) is 3.03. The summed E-state index contributed by atoms with van der Waals surface area (Å²) in [4.78, 5) is 26.7. The van der Waals surface area contributed by atoms with Crippen molar-refractivity contribution in [3.8, 4) is 11.5 Å². The quantitative estimate of drug-likeness (QED) is 0.513. The van der Waals surface area contributed by atoms with E-state index in [0.717, 1.165) is 10.4 Å². The van der Waals surface area contributed by atoms with Crippen LogP contribution in [0.15, 0.2) is 71.7 Å². The molecule has 1 aromatic heterocycles. The molecule has 2 aromatic carbocycles. The van der Waals surface area contributed by atoms with Crippen LogP contribution in [-0.2, 0) is 4.79 Å². The molecule has 7 heteroatoms. The number of nitrogens with one attached hydrogen (secondary N) is 2. The molecule has 6 nitrogen and oxygen atoms in total. The molecule has 160 valence electrons. The van der Waals surface area contributed by atoms with Crippen LogP contribution in [-0.4, -0.2) is 26.0 Å². The Morgan fingerprint density at radius 3 is 2.35 bits per heavy atom. The van der Waals surface area contributed by atoms with Gasteiger partial charge in [-0.15, -0.1) is 11.3 Å². The van der Waals surface area contributed by atoms with Crippen LogP contribution in [0.3, 0.4) is 0 Å². The molecule has 0 bridgehead atoms. The lowest BCUT2D eigenvalue weighted by molar-refractivity contribution is -0.118. The Hall–Kier alpha value is -3.58. The molecule has 0 saturated carbocycles. The SMILES string of the molecule is COc1ccc(C(=O)N/C(=C\c2cccs2)C(=O)N[C@H](C)c2ccccc2)cc1OC. The van der Waals surface area contributed by atoms with E-state index in [0.29, 0.717) is 17.1 Å². The summed E-state index contributed by atoms with van der Waals surface area (Å²) in [5.41, 5.74) is 1.47. The molecule has 1 heterocycles. The molecule has 3 rings (SSSR count). The number of thiophene rings is 1. The van der Waals surface area contributed by atoms with Gasteiger partial charge in [-0.2, -0.15) is 0 Å². The van der Waals surface area contributed by atoms with E-state index in [2.05, 4.69) is 10.6 Å². The van der Waals surface area contributed by atoms with E-state index in [1.165, 1.54) is 25.6 Å². The van der Waals surface area contributed by atoms with Crippen LogP contribution in [0.4, 0.5) is 0 Å². The third-order valence-electron chi connectivity index (χ3n) is 4.62. The number of hydrogen-bond acceptors (Lipinski definition) is 5. The molecular weight excluding hydrogens is 412 g/mol. The molecule has 0 unspecified atom stereocenters. The van der Waals surface area contributed by atoms with E-state index in [-0.39, 0.29) is 17.6 Å². The van der Waals surface area contributed by atoms with Gasteiger partial charge in [-0.25, -0.2) is 0 Å². The lowest BCUT2D eigenvalue weighted by Gasteiger charge is -2.17. The van der Waals surface area contributed by atoms with Crippen molar-refractivity contribution in [3.63, 3.8) is 0 Å². The highest BCUT2D eigenvalue weighted by molar-refractivity contribution is 7.10. The van der Waals surface area contributed by atoms with Crippen LogP contribution in [0, 0.1) is 0 Å². The molecule has 2 N–H and O–H groups in total. The smallest absolute Gasteiger partial charge is 0.268 e. The first-order valence-electron chi connectivity index (χ1n) is 9.66. The van der Waals surface area contributed by atoms with Gasteiger partial charge in [0.15, 0.2) is 11.5 Å². The standard InChI is InChI=1S/C24H24N2O4S/c1-16(17-8-5-4-6-9-17)25-24(28)20(15-19-10-7-13-31-19)26-23(27)18-11-12-21(29-2)22(14-18)30-3/h4-16H,1-3H3,(H,25,28)(H,26,27)/b20-15-/t16-/m1/s1. The lowest BCUT2D eigenvalue weighted by Crippen LogP contribution is -2.36. The Balaban J connectivity index is 1.82. The Morgan fingerprint density at radius 2 is 1.71 bits per heavy atom. The van der Waals surface area contributed by atoms with Crippen molar-refractivity contribution in [2.45, 2.75) is 13.0 Å². The van der Waals surface area contributed by atoms with Gasteiger partial charge in [0.2, 0.25) is 0 Å². The van der Waals surface area contributed by atoms with Crippen molar-refractivity contribution in [2.24, 2.45) is 0 Å². The maximum Gasteiger partial charge on any atom is 0.268 e. The Kier molecular flexibility index (Phi) is 7.45. The summed E-state index contributed by atoms with van der Waals surface area (Å²) in [5, 5.41) is 7.59. The predicted molar refractivity (Wildman–Crippen MR) is 122 cm³/mol. The average Bonchev–Trinajstić information content (AvgIpc) is 3.31. The minimum atomic E-state index is -0.425. The van der Waals surface area contributed by atoms with Gasteiger partial charge in [0.05, 0.1) is 20.3 Å². The fourth-order valence-electron chi connectivity index (χ4n) is 2.95. The molecule has 2 amide bonds. The number of rotatable bonds is 8. The first kappa shape index (κ1) is 22.1. The largest absolute Gasteiger partial charge is 0.493 e. The molecule has 1 atom stereocenters. The number of benzene rings is 2. The summed E-state index contributed by atoms with van der Waals surface area (Å²) >= 11 is 1.47. The zero-order valence-corrected chi connectivity index (χ0v) is 18.4. The van der Waals surface area contributed by atoms with Crippen LogP contribution in [0.25, 0.3) is 6.08 Å². The second-order valence-corrected chi connectivity index (χ2v) is 7.68. The van der Waals surface area contributed by atoms with Gasteiger partial charge in [-0.1, -0.05) is 36.4 Å². The van der Waals surface area contributed by atoms with Crippen molar-refractivity contribution in [3.05, 3.63) is 87.7 Å². The molecule has 0 saturated heterocycles. The van der Waals surface area contributed by atoms with Gasteiger partial charge < -0.3 is 20.1 Å². The highest BCUT2D eigenvalue weighted by Gasteiger charge is 2.18. The third-order valence-corrected chi connectivity index (χ3v) is 5.43. The Bertz CT molecular complexity index is 1060. The number of carbonyl (C=O) groups excluding carboxylic acids is 2. The zero-order valence-electron chi connectivity index (χ0n) is 17.5. The molecule has 31 heavy (non-hydrogen) atoms. The van der Waals surface area contributed by atoms with Crippen molar-refractivity contribution >= 4 is 29.2 Å².